The van der Waals surface area contributed by atoms with Crippen LogP contribution in [-0.4, -0.2) is 30.9 Å². The summed E-state index contributed by atoms with van der Waals surface area (Å²) >= 11 is 0. The van der Waals surface area contributed by atoms with E-state index in [2.05, 4.69) is 17.2 Å². The maximum absolute atomic E-state index is 9.73. The Morgan fingerprint density at radius 1 is 1.39 bits per heavy atom. The fourth-order valence-corrected chi connectivity index (χ4v) is 1.50. The van der Waals surface area contributed by atoms with Crippen LogP contribution in [0.2, 0.25) is 0 Å². The van der Waals surface area contributed by atoms with Crippen LogP contribution >= 0.6 is 0 Å². The molecule has 18 heavy (non-hydrogen) atoms. The summed E-state index contributed by atoms with van der Waals surface area (Å²) in [5.74, 6) is 6.50. The van der Waals surface area contributed by atoms with E-state index >= 15 is 0 Å². The van der Waals surface area contributed by atoms with E-state index in [0.717, 1.165) is 16.9 Å². The summed E-state index contributed by atoms with van der Waals surface area (Å²) in [7, 11) is 0. The highest BCUT2D eigenvalue weighted by molar-refractivity contribution is 5.35. The highest BCUT2D eigenvalue weighted by atomic mass is 16.5. The lowest BCUT2D eigenvalue weighted by Crippen LogP contribution is -2.31. The highest BCUT2D eigenvalue weighted by Gasteiger charge is 2.06. The van der Waals surface area contributed by atoms with Crippen molar-refractivity contribution >= 4 is 0 Å². The zero-order valence-electron chi connectivity index (χ0n) is 11.3. The number of hydrogen-bond donors (Lipinski definition) is 2. The maximum atomic E-state index is 9.73. The normalized spacial score (nSPS) is 11.6. The summed E-state index contributed by atoms with van der Waals surface area (Å²) in [4.78, 5) is 0. The van der Waals surface area contributed by atoms with Gasteiger partial charge >= 0.3 is 0 Å². The minimum Gasteiger partial charge on any atom is -0.491 e. The first-order valence-electron chi connectivity index (χ1n) is 6.12. The molecule has 1 atom stereocenters. The Labute approximate surface area is 109 Å². The van der Waals surface area contributed by atoms with Crippen LogP contribution in [0.15, 0.2) is 18.2 Å². The van der Waals surface area contributed by atoms with Gasteiger partial charge < -0.3 is 15.2 Å². The van der Waals surface area contributed by atoms with Crippen molar-refractivity contribution < 1.29 is 9.84 Å². The van der Waals surface area contributed by atoms with Crippen molar-refractivity contribution in [2.24, 2.45) is 0 Å². The minimum atomic E-state index is -0.524. The first-order valence-corrected chi connectivity index (χ1v) is 6.12. The van der Waals surface area contributed by atoms with Crippen LogP contribution in [0, 0.1) is 25.7 Å². The SMILES string of the molecule is CC#CCNCC(O)COc1cc(C)ccc1C. The maximum Gasteiger partial charge on any atom is 0.122 e. The van der Waals surface area contributed by atoms with Crippen molar-refractivity contribution in [2.75, 3.05) is 19.7 Å². The number of aryl methyl sites for hydroxylation is 2. The summed E-state index contributed by atoms with van der Waals surface area (Å²) in [6.07, 6.45) is -0.524. The Kier molecular flexibility index (Phi) is 6.27. The Hall–Kier alpha value is -1.50. The van der Waals surface area contributed by atoms with Gasteiger partial charge in [-0.25, -0.2) is 0 Å². The lowest BCUT2D eigenvalue weighted by atomic mass is 10.1. The van der Waals surface area contributed by atoms with E-state index in [1.165, 1.54) is 0 Å². The highest BCUT2D eigenvalue weighted by Crippen LogP contribution is 2.19. The summed E-state index contributed by atoms with van der Waals surface area (Å²) < 4.78 is 5.61. The van der Waals surface area contributed by atoms with Crippen molar-refractivity contribution in [3.63, 3.8) is 0 Å². The lowest BCUT2D eigenvalue weighted by molar-refractivity contribution is 0.107. The average Bonchev–Trinajstić information content (AvgIpc) is 2.36. The van der Waals surface area contributed by atoms with E-state index in [1.54, 1.807) is 6.92 Å². The second kappa shape index (κ2) is 7.75. The van der Waals surface area contributed by atoms with Gasteiger partial charge in [-0.3, -0.25) is 0 Å². The molecular weight excluding hydrogens is 226 g/mol. The van der Waals surface area contributed by atoms with E-state index in [1.807, 2.05) is 32.0 Å². The molecule has 0 aliphatic rings. The Morgan fingerprint density at radius 2 is 2.17 bits per heavy atom. The van der Waals surface area contributed by atoms with Crippen LogP contribution in [-0.2, 0) is 0 Å². The topological polar surface area (TPSA) is 41.5 Å². The van der Waals surface area contributed by atoms with Gasteiger partial charge in [-0.05, 0) is 38.0 Å². The van der Waals surface area contributed by atoms with Crippen LogP contribution in [0.4, 0.5) is 0 Å². The largest absolute Gasteiger partial charge is 0.491 e. The molecule has 0 saturated heterocycles. The fraction of sp³-hybridized carbons (Fsp3) is 0.467. The molecule has 0 radical (unpaired) electrons. The zero-order chi connectivity index (χ0) is 13.4. The molecule has 0 fully saturated rings. The van der Waals surface area contributed by atoms with Gasteiger partial charge in [0.2, 0.25) is 0 Å². The van der Waals surface area contributed by atoms with Gasteiger partial charge in [0.1, 0.15) is 18.5 Å². The fourth-order valence-electron chi connectivity index (χ4n) is 1.50. The predicted octanol–water partition coefficient (Wildman–Crippen LogP) is 1.66. The van der Waals surface area contributed by atoms with E-state index in [-0.39, 0.29) is 6.61 Å². The van der Waals surface area contributed by atoms with Crippen LogP contribution in [0.5, 0.6) is 5.75 Å². The third-order valence-electron chi connectivity index (χ3n) is 2.54. The van der Waals surface area contributed by atoms with Crippen molar-refractivity contribution in [3.8, 4) is 17.6 Å². The Bertz CT molecular complexity index is 432. The van der Waals surface area contributed by atoms with E-state index in [4.69, 9.17) is 4.74 Å². The molecule has 0 amide bonds. The molecule has 0 aliphatic carbocycles. The van der Waals surface area contributed by atoms with Crippen molar-refractivity contribution in [1.29, 1.82) is 0 Å². The molecule has 2 N–H and O–H groups in total. The lowest BCUT2D eigenvalue weighted by Gasteiger charge is -2.14. The molecular formula is C15H21NO2. The smallest absolute Gasteiger partial charge is 0.122 e. The van der Waals surface area contributed by atoms with E-state index in [0.29, 0.717) is 13.1 Å². The van der Waals surface area contributed by atoms with E-state index in [9.17, 15) is 5.11 Å². The molecule has 1 unspecified atom stereocenters. The second-order valence-corrected chi connectivity index (χ2v) is 4.29. The molecule has 3 nitrogen and oxygen atoms in total. The molecule has 1 aromatic carbocycles. The van der Waals surface area contributed by atoms with Gasteiger partial charge in [0.05, 0.1) is 6.54 Å². The first-order chi connectivity index (χ1) is 8.63. The monoisotopic (exact) mass is 247 g/mol. The molecule has 0 bridgehead atoms. The predicted molar refractivity (Wildman–Crippen MR) is 73.7 cm³/mol. The van der Waals surface area contributed by atoms with Crippen molar-refractivity contribution in [2.45, 2.75) is 26.9 Å². The average molecular weight is 247 g/mol. The summed E-state index contributed by atoms with van der Waals surface area (Å²) in [5, 5.41) is 12.8. The molecule has 1 rings (SSSR count). The molecule has 0 aliphatic heterocycles. The van der Waals surface area contributed by atoms with Crippen LogP contribution in [0.3, 0.4) is 0 Å². The van der Waals surface area contributed by atoms with Gasteiger partial charge in [-0.1, -0.05) is 18.1 Å². The number of ether oxygens (including phenoxy) is 1. The third-order valence-corrected chi connectivity index (χ3v) is 2.54. The van der Waals surface area contributed by atoms with Crippen molar-refractivity contribution in [1.82, 2.24) is 5.32 Å². The number of aliphatic hydroxyl groups excluding tert-OH is 1. The third kappa shape index (κ3) is 5.22. The minimum absolute atomic E-state index is 0.289. The Balaban J connectivity index is 2.34. The van der Waals surface area contributed by atoms with Crippen LogP contribution < -0.4 is 10.1 Å². The van der Waals surface area contributed by atoms with Gasteiger partial charge in [-0.15, -0.1) is 5.92 Å². The molecule has 0 heterocycles. The summed E-state index contributed by atoms with van der Waals surface area (Å²) in [6.45, 7) is 7.18. The van der Waals surface area contributed by atoms with Gasteiger partial charge in [0.25, 0.3) is 0 Å². The van der Waals surface area contributed by atoms with Crippen LogP contribution in [0.25, 0.3) is 0 Å². The number of hydrogen-bond acceptors (Lipinski definition) is 3. The standard InChI is InChI=1S/C15H21NO2/c1-4-5-8-16-10-14(17)11-18-15-9-12(2)6-7-13(15)3/h6-7,9,14,16-17H,8,10-11H2,1-3H3. The number of aliphatic hydroxyl groups is 1. The quantitative estimate of drug-likeness (QED) is 0.593. The molecule has 98 valence electrons. The molecule has 0 aromatic heterocycles. The molecule has 3 heteroatoms. The molecule has 0 saturated carbocycles. The first kappa shape index (κ1) is 14.6. The Morgan fingerprint density at radius 3 is 2.89 bits per heavy atom. The summed E-state index contributed by atoms with van der Waals surface area (Å²) in [5.41, 5.74) is 2.24. The summed E-state index contributed by atoms with van der Waals surface area (Å²) in [6, 6.07) is 6.05. The van der Waals surface area contributed by atoms with Gasteiger partial charge in [-0.2, -0.15) is 0 Å². The van der Waals surface area contributed by atoms with Gasteiger partial charge in [0.15, 0.2) is 0 Å². The van der Waals surface area contributed by atoms with Crippen LogP contribution in [0.1, 0.15) is 18.1 Å². The molecule has 1 aromatic rings. The van der Waals surface area contributed by atoms with E-state index < -0.39 is 6.10 Å². The second-order valence-electron chi connectivity index (χ2n) is 4.29. The van der Waals surface area contributed by atoms with Gasteiger partial charge in [0, 0.05) is 6.54 Å². The zero-order valence-corrected chi connectivity index (χ0v) is 11.3. The number of nitrogens with one attached hydrogen (secondary N) is 1. The number of rotatable bonds is 6. The molecule has 0 spiro atoms. The van der Waals surface area contributed by atoms with Crippen molar-refractivity contribution in [3.05, 3.63) is 29.3 Å². The number of benzene rings is 1.